The first-order chi connectivity index (χ1) is 21.8. The molecule has 2 aromatic carbocycles. The van der Waals surface area contributed by atoms with E-state index in [1.54, 1.807) is 33.9 Å². The molecule has 45 heavy (non-hydrogen) atoms. The molecule has 2 N–H and O–H groups in total. The van der Waals surface area contributed by atoms with Crippen LogP contribution in [0.3, 0.4) is 0 Å². The summed E-state index contributed by atoms with van der Waals surface area (Å²) in [6.45, 7) is 1.95. The fraction of sp³-hybridized carbons (Fsp3) is 0.273. The van der Waals surface area contributed by atoms with Crippen LogP contribution in [0.5, 0.6) is 0 Å². The summed E-state index contributed by atoms with van der Waals surface area (Å²) in [6, 6.07) is 18.8. The molecule has 0 saturated heterocycles. The second kappa shape index (κ2) is 14.3. The van der Waals surface area contributed by atoms with Crippen LogP contribution in [0, 0.1) is 0 Å². The van der Waals surface area contributed by atoms with Gasteiger partial charge in [-0.2, -0.15) is 0 Å². The number of aliphatic carboxylic acids is 2. The minimum absolute atomic E-state index is 0.0147. The number of benzene rings is 2. The molecule has 0 aliphatic carbocycles. The third-order valence-corrected chi connectivity index (χ3v) is 7.25. The zero-order valence-electron chi connectivity index (χ0n) is 24.8. The van der Waals surface area contributed by atoms with Crippen LogP contribution in [0.1, 0.15) is 66.9 Å². The highest BCUT2D eigenvalue weighted by atomic mass is 16.4. The number of carbonyl (C=O) groups excluding carboxylic acids is 1. The number of aromatic nitrogens is 7. The van der Waals surface area contributed by atoms with Gasteiger partial charge in [0.25, 0.3) is 0 Å². The predicted molar refractivity (Wildman–Crippen MR) is 165 cm³/mol. The summed E-state index contributed by atoms with van der Waals surface area (Å²) in [6.07, 6.45) is 7.32. The summed E-state index contributed by atoms with van der Waals surface area (Å²) in [4.78, 5) is 39.3. The van der Waals surface area contributed by atoms with Crippen molar-refractivity contribution in [3.63, 3.8) is 0 Å². The van der Waals surface area contributed by atoms with Crippen molar-refractivity contribution in [2.24, 2.45) is 0 Å². The quantitative estimate of drug-likeness (QED) is 0.148. The van der Waals surface area contributed by atoms with Crippen LogP contribution in [0.25, 0.3) is 34.2 Å². The van der Waals surface area contributed by atoms with Gasteiger partial charge in [0.1, 0.15) is 11.4 Å². The van der Waals surface area contributed by atoms with Gasteiger partial charge < -0.3 is 10.2 Å². The van der Waals surface area contributed by atoms with Crippen LogP contribution in [0.15, 0.2) is 73.1 Å². The van der Waals surface area contributed by atoms with Crippen molar-refractivity contribution >= 4 is 17.7 Å². The molecule has 0 radical (unpaired) electrons. The summed E-state index contributed by atoms with van der Waals surface area (Å²) in [7, 11) is 0. The van der Waals surface area contributed by atoms with E-state index in [2.05, 4.69) is 20.6 Å². The van der Waals surface area contributed by atoms with E-state index in [1.165, 1.54) is 0 Å². The van der Waals surface area contributed by atoms with Gasteiger partial charge in [0.05, 0.1) is 35.2 Å². The summed E-state index contributed by atoms with van der Waals surface area (Å²) in [5.41, 5.74) is 6.06. The summed E-state index contributed by atoms with van der Waals surface area (Å²) in [5.74, 6) is -1.62. The number of pyridine rings is 1. The van der Waals surface area contributed by atoms with E-state index < -0.39 is 11.9 Å². The number of hydrogen-bond donors (Lipinski definition) is 2. The van der Waals surface area contributed by atoms with Crippen molar-refractivity contribution in [2.75, 3.05) is 0 Å². The second-order valence-corrected chi connectivity index (χ2v) is 10.7. The van der Waals surface area contributed by atoms with Gasteiger partial charge in [0.2, 0.25) is 0 Å². The third-order valence-electron chi connectivity index (χ3n) is 7.25. The molecular formula is C33H33N7O5. The Morgan fingerprint density at radius 3 is 1.49 bits per heavy atom. The highest BCUT2D eigenvalue weighted by Crippen LogP contribution is 2.25. The maximum atomic E-state index is 13.0. The van der Waals surface area contributed by atoms with Gasteiger partial charge in [-0.05, 0) is 79.6 Å². The fourth-order valence-electron chi connectivity index (χ4n) is 4.86. The Hall–Kier alpha value is -5.52. The van der Waals surface area contributed by atoms with Gasteiger partial charge in [-0.3, -0.25) is 14.4 Å². The normalized spacial score (nSPS) is 11.0. The van der Waals surface area contributed by atoms with Crippen molar-refractivity contribution in [1.82, 2.24) is 35.0 Å². The number of nitrogens with zero attached hydrogens (tertiary/aromatic N) is 7. The van der Waals surface area contributed by atoms with Crippen molar-refractivity contribution in [2.45, 2.75) is 58.3 Å². The average molecular weight is 608 g/mol. The SMILES string of the molecule is CCCC(=O)c1cc(-c2cn(-c3ccc(CCCC(=O)O)cc3)nn2)nc(-c2cn(-c3ccc(CCCC(=O)O)cc3)nn2)c1. The first-order valence-corrected chi connectivity index (χ1v) is 14.8. The molecule has 0 fully saturated rings. The largest absolute Gasteiger partial charge is 0.481 e. The van der Waals surface area contributed by atoms with E-state index in [-0.39, 0.29) is 18.6 Å². The molecule has 0 unspecified atom stereocenters. The van der Waals surface area contributed by atoms with E-state index in [1.807, 2.05) is 55.5 Å². The Kier molecular flexibility index (Phi) is 9.83. The van der Waals surface area contributed by atoms with Crippen LogP contribution >= 0.6 is 0 Å². The van der Waals surface area contributed by atoms with Crippen molar-refractivity contribution in [1.29, 1.82) is 0 Å². The lowest BCUT2D eigenvalue weighted by Crippen LogP contribution is -2.01. The number of carboxylic acid groups (broad SMARTS) is 2. The molecule has 0 spiro atoms. The van der Waals surface area contributed by atoms with E-state index in [0.29, 0.717) is 66.9 Å². The molecule has 0 aliphatic rings. The summed E-state index contributed by atoms with van der Waals surface area (Å²) >= 11 is 0. The lowest BCUT2D eigenvalue weighted by atomic mass is 10.0. The monoisotopic (exact) mass is 607 g/mol. The molecule has 230 valence electrons. The molecular weight excluding hydrogens is 574 g/mol. The smallest absolute Gasteiger partial charge is 0.303 e. The Labute approximate surface area is 259 Å². The lowest BCUT2D eigenvalue weighted by Gasteiger charge is -2.06. The summed E-state index contributed by atoms with van der Waals surface area (Å²) < 4.78 is 3.25. The number of Topliss-reactive ketones (excluding diaryl/α,β-unsaturated/α-hetero) is 1. The highest BCUT2D eigenvalue weighted by Gasteiger charge is 2.17. The van der Waals surface area contributed by atoms with Crippen molar-refractivity contribution < 1.29 is 24.6 Å². The molecule has 5 aromatic rings. The minimum Gasteiger partial charge on any atom is -0.481 e. The molecule has 3 aromatic heterocycles. The van der Waals surface area contributed by atoms with Crippen molar-refractivity contribution in [3.05, 3.63) is 89.7 Å². The van der Waals surface area contributed by atoms with E-state index in [0.717, 1.165) is 22.5 Å². The molecule has 3 heterocycles. The molecule has 0 atom stereocenters. The second-order valence-electron chi connectivity index (χ2n) is 10.7. The average Bonchev–Trinajstić information content (AvgIpc) is 3.73. The zero-order valence-corrected chi connectivity index (χ0v) is 24.8. The first kappa shape index (κ1) is 30.9. The van der Waals surface area contributed by atoms with Gasteiger partial charge in [0.15, 0.2) is 5.78 Å². The Bertz CT molecular complexity index is 1670. The molecule has 12 heteroatoms. The third kappa shape index (κ3) is 8.11. The van der Waals surface area contributed by atoms with Gasteiger partial charge in [-0.25, -0.2) is 14.3 Å². The first-order valence-electron chi connectivity index (χ1n) is 14.8. The van der Waals surface area contributed by atoms with Crippen LogP contribution < -0.4 is 0 Å². The maximum Gasteiger partial charge on any atom is 0.303 e. The zero-order chi connectivity index (χ0) is 31.8. The standard InChI is InChI=1S/C33H33N7O5/c1-2-5-31(41)24-18-27(29-20-39(37-35-29)25-14-10-22(11-15-25)6-3-8-32(42)43)34-28(19-24)30-21-40(38-36-30)26-16-12-23(13-17-26)7-4-9-33(44)45/h10-21H,2-9H2,1H3,(H,42,43)(H,44,45). The molecule has 0 amide bonds. The number of ketones is 1. The Morgan fingerprint density at radius 2 is 1.09 bits per heavy atom. The van der Waals surface area contributed by atoms with Gasteiger partial charge in [-0.15, -0.1) is 10.2 Å². The van der Waals surface area contributed by atoms with Crippen LogP contribution in [0.2, 0.25) is 0 Å². The van der Waals surface area contributed by atoms with Gasteiger partial charge >= 0.3 is 11.9 Å². The molecule has 0 bridgehead atoms. The number of carbonyl (C=O) groups is 3. The van der Waals surface area contributed by atoms with Gasteiger partial charge in [-0.1, -0.05) is 41.6 Å². The Morgan fingerprint density at radius 1 is 0.644 bits per heavy atom. The van der Waals surface area contributed by atoms with E-state index in [9.17, 15) is 14.4 Å². The molecule has 0 saturated carbocycles. The Balaban J connectivity index is 1.38. The van der Waals surface area contributed by atoms with Gasteiger partial charge in [0, 0.05) is 24.8 Å². The summed E-state index contributed by atoms with van der Waals surface area (Å²) in [5, 5.41) is 34.9. The van der Waals surface area contributed by atoms with E-state index in [4.69, 9.17) is 15.2 Å². The maximum absolute atomic E-state index is 13.0. The number of hydrogen-bond acceptors (Lipinski definition) is 8. The fourth-order valence-corrected chi connectivity index (χ4v) is 4.86. The van der Waals surface area contributed by atoms with Crippen LogP contribution in [-0.2, 0) is 22.4 Å². The minimum atomic E-state index is -0.804. The predicted octanol–water partition coefficient (Wildman–Crippen LogP) is 5.37. The molecule has 5 rings (SSSR count). The number of carboxylic acids is 2. The topological polar surface area (TPSA) is 166 Å². The number of rotatable bonds is 15. The molecule has 12 nitrogen and oxygen atoms in total. The lowest BCUT2D eigenvalue weighted by molar-refractivity contribution is -0.138. The van der Waals surface area contributed by atoms with E-state index >= 15 is 0 Å². The van der Waals surface area contributed by atoms with Crippen molar-refractivity contribution in [3.8, 4) is 34.2 Å². The van der Waals surface area contributed by atoms with Crippen LogP contribution in [0.4, 0.5) is 0 Å². The highest BCUT2D eigenvalue weighted by molar-refractivity contribution is 5.97. The number of aryl methyl sites for hydroxylation is 2. The van der Waals surface area contributed by atoms with Crippen LogP contribution in [-0.4, -0.2) is 62.9 Å². The molecule has 0 aliphatic heterocycles.